The van der Waals surface area contributed by atoms with E-state index in [4.69, 9.17) is 4.74 Å². The van der Waals surface area contributed by atoms with Gasteiger partial charge in [0.1, 0.15) is 0 Å². The predicted molar refractivity (Wildman–Crippen MR) is 75.3 cm³/mol. The lowest BCUT2D eigenvalue weighted by atomic mass is 10.1. The first kappa shape index (κ1) is 12.9. The summed E-state index contributed by atoms with van der Waals surface area (Å²) in [6.07, 6.45) is 10.6. The van der Waals surface area contributed by atoms with Crippen LogP contribution in [-0.2, 0) is 11.3 Å². The lowest BCUT2D eigenvalue weighted by Gasteiger charge is -2.23. The minimum Gasteiger partial charge on any atom is -0.381 e. The summed E-state index contributed by atoms with van der Waals surface area (Å²) in [4.78, 5) is 0. The number of hydrogen-bond donors (Lipinski definition) is 2. The van der Waals surface area contributed by atoms with Gasteiger partial charge in [-0.2, -0.15) is 5.10 Å². The minimum absolute atomic E-state index is 0.354. The van der Waals surface area contributed by atoms with Gasteiger partial charge >= 0.3 is 0 Å². The molecule has 2 atom stereocenters. The fourth-order valence-electron chi connectivity index (χ4n) is 2.89. The summed E-state index contributed by atoms with van der Waals surface area (Å²) in [5, 5.41) is 11.4. The number of hydrogen-bond acceptors (Lipinski definition) is 4. The van der Waals surface area contributed by atoms with E-state index in [1.165, 1.54) is 25.7 Å². The molecule has 5 heteroatoms. The van der Waals surface area contributed by atoms with Gasteiger partial charge in [0.15, 0.2) is 0 Å². The van der Waals surface area contributed by atoms with Gasteiger partial charge in [0.05, 0.1) is 24.5 Å². The molecule has 2 N–H and O–H groups in total. The lowest BCUT2D eigenvalue weighted by Crippen LogP contribution is -2.39. The second-order valence-electron chi connectivity index (χ2n) is 5.61. The van der Waals surface area contributed by atoms with Crippen LogP contribution in [0.1, 0.15) is 32.1 Å². The fraction of sp³-hybridized carbons (Fsp3) is 0.786. The van der Waals surface area contributed by atoms with Crippen LogP contribution >= 0.6 is 0 Å². The van der Waals surface area contributed by atoms with Crippen LogP contribution in [0.3, 0.4) is 0 Å². The summed E-state index contributed by atoms with van der Waals surface area (Å²) >= 11 is 0. The lowest BCUT2D eigenvalue weighted by molar-refractivity contribution is 0.0940. The zero-order valence-corrected chi connectivity index (χ0v) is 11.5. The van der Waals surface area contributed by atoms with E-state index in [0.29, 0.717) is 12.1 Å². The number of anilines is 1. The van der Waals surface area contributed by atoms with Crippen molar-refractivity contribution in [1.29, 1.82) is 0 Å². The number of aromatic nitrogens is 2. The maximum atomic E-state index is 5.63. The van der Waals surface area contributed by atoms with Gasteiger partial charge in [-0.3, -0.25) is 4.68 Å². The van der Waals surface area contributed by atoms with E-state index in [1.54, 1.807) is 0 Å². The molecular formula is C14H24N4O. The normalized spacial score (nSPS) is 27.6. The molecule has 0 radical (unpaired) electrons. The van der Waals surface area contributed by atoms with Crippen LogP contribution < -0.4 is 10.6 Å². The molecule has 2 saturated heterocycles. The Morgan fingerprint density at radius 1 is 1.37 bits per heavy atom. The van der Waals surface area contributed by atoms with Crippen LogP contribution in [0, 0.1) is 0 Å². The van der Waals surface area contributed by atoms with Crippen molar-refractivity contribution in [2.24, 2.45) is 0 Å². The van der Waals surface area contributed by atoms with Crippen molar-refractivity contribution in [2.75, 3.05) is 25.0 Å². The molecule has 0 saturated carbocycles. The molecule has 106 valence electrons. The van der Waals surface area contributed by atoms with Crippen molar-refractivity contribution < 1.29 is 4.74 Å². The molecule has 3 heterocycles. The second kappa shape index (κ2) is 6.39. The Morgan fingerprint density at radius 2 is 2.37 bits per heavy atom. The largest absolute Gasteiger partial charge is 0.381 e. The molecule has 0 aliphatic carbocycles. The molecule has 19 heavy (non-hydrogen) atoms. The number of rotatable bonds is 5. The number of ether oxygens (including phenoxy) is 1. The highest BCUT2D eigenvalue weighted by atomic mass is 16.5. The predicted octanol–water partition coefficient (Wildman–Crippen LogP) is 1.62. The van der Waals surface area contributed by atoms with Crippen molar-refractivity contribution in [3.8, 4) is 0 Å². The molecule has 0 bridgehead atoms. The maximum absolute atomic E-state index is 5.63. The Morgan fingerprint density at radius 3 is 3.16 bits per heavy atom. The SMILES string of the molecule is c1nn(CC2CCCO2)cc1NCC1CCCCN1. The zero-order valence-electron chi connectivity index (χ0n) is 11.5. The van der Waals surface area contributed by atoms with Crippen molar-refractivity contribution in [3.05, 3.63) is 12.4 Å². The van der Waals surface area contributed by atoms with Gasteiger partial charge in [0, 0.05) is 25.4 Å². The van der Waals surface area contributed by atoms with Crippen LogP contribution in [0.4, 0.5) is 5.69 Å². The zero-order chi connectivity index (χ0) is 12.9. The van der Waals surface area contributed by atoms with E-state index in [2.05, 4.69) is 21.9 Å². The maximum Gasteiger partial charge on any atom is 0.0771 e. The Labute approximate surface area is 114 Å². The van der Waals surface area contributed by atoms with Crippen molar-refractivity contribution in [3.63, 3.8) is 0 Å². The molecule has 0 aromatic carbocycles. The molecule has 1 aromatic heterocycles. The third-order valence-corrected chi connectivity index (χ3v) is 4.01. The van der Waals surface area contributed by atoms with E-state index < -0.39 is 0 Å². The van der Waals surface area contributed by atoms with E-state index in [9.17, 15) is 0 Å². The third-order valence-electron chi connectivity index (χ3n) is 4.01. The van der Waals surface area contributed by atoms with Gasteiger partial charge in [0.25, 0.3) is 0 Å². The topological polar surface area (TPSA) is 51.1 Å². The summed E-state index contributed by atoms with van der Waals surface area (Å²) in [6, 6.07) is 0.607. The Hall–Kier alpha value is -1.07. The van der Waals surface area contributed by atoms with E-state index in [-0.39, 0.29) is 0 Å². The van der Waals surface area contributed by atoms with Crippen LogP contribution in [-0.4, -0.2) is 41.6 Å². The first-order valence-electron chi connectivity index (χ1n) is 7.51. The molecule has 3 rings (SSSR count). The summed E-state index contributed by atoms with van der Waals surface area (Å²) in [7, 11) is 0. The van der Waals surface area contributed by atoms with Gasteiger partial charge in [-0.15, -0.1) is 0 Å². The van der Waals surface area contributed by atoms with E-state index >= 15 is 0 Å². The highest BCUT2D eigenvalue weighted by Gasteiger charge is 2.16. The number of nitrogens with one attached hydrogen (secondary N) is 2. The van der Waals surface area contributed by atoms with Crippen LogP contribution in [0.2, 0.25) is 0 Å². The molecule has 2 fully saturated rings. The van der Waals surface area contributed by atoms with Crippen molar-refractivity contribution in [2.45, 2.75) is 50.8 Å². The van der Waals surface area contributed by atoms with Crippen molar-refractivity contribution >= 4 is 5.69 Å². The molecule has 5 nitrogen and oxygen atoms in total. The Bertz CT molecular complexity index is 381. The Kier molecular flexibility index (Phi) is 4.35. The molecule has 0 spiro atoms. The summed E-state index contributed by atoms with van der Waals surface area (Å²) in [5.41, 5.74) is 1.12. The van der Waals surface area contributed by atoms with Crippen LogP contribution in [0.15, 0.2) is 12.4 Å². The van der Waals surface area contributed by atoms with E-state index in [1.807, 2.05) is 10.9 Å². The summed E-state index contributed by atoms with van der Waals surface area (Å²) in [5.74, 6) is 0. The smallest absolute Gasteiger partial charge is 0.0771 e. The fourth-order valence-corrected chi connectivity index (χ4v) is 2.89. The average Bonchev–Trinajstić information content (AvgIpc) is 3.10. The van der Waals surface area contributed by atoms with Gasteiger partial charge < -0.3 is 15.4 Å². The first-order valence-corrected chi connectivity index (χ1v) is 7.51. The Balaban J connectivity index is 1.44. The molecule has 1 aromatic rings. The van der Waals surface area contributed by atoms with E-state index in [0.717, 1.165) is 38.3 Å². The van der Waals surface area contributed by atoms with Gasteiger partial charge in [0.2, 0.25) is 0 Å². The van der Waals surface area contributed by atoms with Crippen LogP contribution in [0.5, 0.6) is 0 Å². The highest BCUT2D eigenvalue weighted by Crippen LogP contribution is 2.15. The molecule has 2 aliphatic rings. The van der Waals surface area contributed by atoms with Crippen LogP contribution in [0.25, 0.3) is 0 Å². The van der Waals surface area contributed by atoms with Gasteiger partial charge in [-0.1, -0.05) is 6.42 Å². The number of nitrogens with zero attached hydrogens (tertiary/aromatic N) is 2. The third kappa shape index (κ3) is 3.70. The van der Waals surface area contributed by atoms with Gasteiger partial charge in [-0.05, 0) is 32.2 Å². The van der Waals surface area contributed by atoms with Gasteiger partial charge in [-0.25, -0.2) is 0 Å². The highest BCUT2D eigenvalue weighted by molar-refractivity contribution is 5.38. The monoisotopic (exact) mass is 264 g/mol. The standard InChI is InChI=1S/C14H24N4O/c1-2-6-15-12(4-1)8-16-13-9-17-18(10-13)11-14-5-3-7-19-14/h9-10,12,14-16H,1-8,11H2. The molecule has 2 unspecified atom stereocenters. The second-order valence-corrected chi connectivity index (χ2v) is 5.61. The van der Waals surface area contributed by atoms with Crippen molar-refractivity contribution in [1.82, 2.24) is 15.1 Å². The molecule has 2 aliphatic heterocycles. The summed E-state index contributed by atoms with van der Waals surface area (Å²) < 4.78 is 7.62. The minimum atomic E-state index is 0.354. The molecular weight excluding hydrogens is 240 g/mol. The molecule has 0 amide bonds. The summed E-state index contributed by atoms with van der Waals surface area (Å²) in [6.45, 7) is 3.93. The quantitative estimate of drug-likeness (QED) is 0.848. The average molecular weight is 264 g/mol. The first-order chi connectivity index (χ1) is 9.40. The number of piperidine rings is 1.